The minimum Gasteiger partial charge on any atom is -0.330 e. The maximum Gasteiger partial charge on any atom is 0.0954 e. The Morgan fingerprint density at radius 3 is 2.83 bits per heavy atom. The van der Waals surface area contributed by atoms with Gasteiger partial charge in [-0.25, -0.2) is 4.98 Å². The van der Waals surface area contributed by atoms with Crippen molar-refractivity contribution in [3.8, 4) is 0 Å². The van der Waals surface area contributed by atoms with Crippen LogP contribution in [0.5, 0.6) is 0 Å². The van der Waals surface area contributed by atoms with Crippen LogP contribution >= 0.6 is 0 Å². The van der Waals surface area contributed by atoms with E-state index in [1.165, 1.54) is 36.2 Å². The Bertz CT molecular complexity index is 423. The molecule has 0 atom stereocenters. The van der Waals surface area contributed by atoms with Crippen molar-refractivity contribution in [2.45, 2.75) is 58.5 Å². The second-order valence-electron chi connectivity index (χ2n) is 6.33. The molecule has 0 unspecified atom stereocenters. The number of fused-ring (bicyclic) bond motifs is 1. The zero-order valence-electron chi connectivity index (χ0n) is 11.9. The first-order valence-corrected chi connectivity index (χ1v) is 6.90. The highest BCUT2D eigenvalue weighted by Crippen LogP contribution is 2.20. The third-order valence-corrected chi connectivity index (χ3v) is 3.37. The highest BCUT2D eigenvalue weighted by Gasteiger charge is 2.15. The lowest BCUT2D eigenvalue weighted by Crippen LogP contribution is -2.37. The Hall–Kier alpha value is -1.09. The van der Waals surface area contributed by atoms with Crippen LogP contribution in [-0.2, 0) is 19.4 Å². The van der Waals surface area contributed by atoms with E-state index in [2.05, 4.69) is 42.2 Å². The number of nitrogens with zero attached hydrogens (tertiary/aromatic N) is 2. The summed E-state index contributed by atoms with van der Waals surface area (Å²) < 4.78 is 2.28. The fourth-order valence-electron chi connectivity index (χ4n) is 2.35. The van der Waals surface area contributed by atoms with Gasteiger partial charge in [-0.3, -0.25) is 0 Å². The van der Waals surface area contributed by atoms with Crippen LogP contribution in [0.25, 0.3) is 0 Å². The fourth-order valence-corrected chi connectivity index (χ4v) is 2.35. The molecule has 1 heterocycles. The lowest BCUT2D eigenvalue weighted by molar-refractivity contribution is 0.439. The van der Waals surface area contributed by atoms with Crippen LogP contribution in [0, 0.1) is 0 Å². The average Bonchev–Trinajstić information content (AvgIpc) is 2.70. The monoisotopic (exact) mass is 247 g/mol. The summed E-state index contributed by atoms with van der Waals surface area (Å²) in [6.45, 7) is 12.5. The van der Waals surface area contributed by atoms with E-state index in [0.29, 0.717) is 0 Å². The zero-order chi connectivity index (χ0) is 13.2. The molecule has 18 heavy (non-hydrogen) atoms. The van der Waals surface area contributed by atoms with Crippen LogP contribution in [0.3, 0.4) is 0 Å². The molecule has 0 aromatic carbocycles. The molecule has 2 rings (SSSR count). The smallest absolute Gasteiger partial charge is 0.0954 e. The van der Waals surface area contributed by atoms with Gasteiger partial charge in [0.1, 0.15) is 0 Å². The number of hydrogen-bond acceptors (Lipinski definition) is 2. The van der Waals surface area contributed by atoms with E-state index in [1.54, 1.807) is 0 Å². The topological polar surface area (TPSA) is 29.9 Å². The predicted molar refractivity (Wildman–Crippen MR) is 75.8 cm³/mol. The van der Waals surface area contributed by atoms with E-state index < -0.39 is 0 Å². The molecule has 0 bridgehead atoms. The normalized spacial score (nSPS) is 15.5. The standard InChI is InChI=1S/C15H25N3/c1-12(9-17-15(2,3)4)10-18-11-16-13-7-5-6-8-14(13)18/h11,17H,1,5-10H2,2-4H3. The summed E-state index contributed by atoms with van der Waals surface area (Å²) in [6.07, 6.45) is 6.89. The third-order valence-electron chi connectivity index (χ3n) is 3.37. The molecule has 0 saturated carbocycles. The Balaban J connectivity index is 1.93. The fraction of sp³-hybridized carbons (Fsp3) is 0.667. The van der Waals surface area contributed by atoms with Gasteiger partial charge in [-0.1, -0.05) is 6.58 Å². The van der Waals surface area contributed by atoms with Crippen molar-refractivity contribution in [2.75, 3.05) is 6.54 Å². The molecule has 0 saturated heterocycles. The molecule has 100 valence electrons. The van der Waals surface area contributed by atoms with Gasteiger partial charge in [0.05, 0.1) is 12.0 Å². The van der Waals surface area contributed by atoms with Crippen molar-refractivity contribution < 1.29 is 0 Å². The van der Waals surface area contributed by atoms with Gasteiger partial charge in [0.25, 0.3) is 0 Å². The Kier molecular flexibility index (Phi) is 3.91. The van der Waals surface area contributed by atoms with Crippen molar-refractivity contribution in [1.29, 1.82) is 0 Å². The Morgan fingerprint density at radius 1 is 1.39 bits per heavy atom. The molecule has 0 spiro atoms. The first-order valence-electron chi connectivity index (χ1n) is 6.90. The predicted octanol–water partition coefficient (Wildman–Crippen LogP) is 2.71. The van der Waals surface area contributed by atoms with Crippen molar-refractivity contribution in [2.24, 2.45) is 0 Å². The number of hydrogen-bond donors (Lipinski definition) is 1. The number of aromatic nitrogens is 2. The average molecular weight is 247 g/mol. The summed E-state index contributed by atoms with van der Waals surface area (Å²) in [5.74, 6) is 0. The number of nitrogens with one attached hydrogen (secondary N) is 1. The molecule has 0 radical (unpaired) electrons. The van der Waals surface area contributed by atoms with Gasteiger partial charge in [-0.2, -0.15) is 0 Å². The van der Waals surface area contributed by atoms with Crippen LogP contribution in [0.4, 0.5) is 0 Å². The van der Waals surface area contributed by atoms with Gasteiger partial charge in [0.15, 0.2) is 0 Å². The van der Waals surface area contributed by atoms with E-state index in [9.17, 15) is 0 Å². The van der Waals surface area contributed by atoms with Crippen LogP contribution in [0.15, 0.2) is 18.5 Å². The van der Waals surface area contributed by atoms with Gasteiger partial charge < -0.3 is 9.88 Å². The largest absolute Gasteiger partial charge is 0.330 e. The number of rotatable bonds is 4. The molecule has 1 aliphatic carbocycles. The summed E-state index contributed by atoms with van der Waals surface area (Å²) in [4.78, 5) is 4.52. The molecule has 0 fully saturated rings. The molecule has 1 aromatic rings. The molecular weight excluding hydrogens is 222 g/mol. The minimum atomic E-state index is 0.150. The van der Waals surface area contributed by atoms with Gasteiger partial charge >= 0.3 is 0 Å². The van der Waals surface area contributed by atoms with E-state index in [0.717, 1.165) is 19.5 Å². The molecule has 1 aliphatic rings. The first kappa shape index (κ1) is 13.3. The minimum absolute atomic E-state index is 0.150. The van der Waals surface area contributed by atoms with Crippen LogP contribution < -0.4 is 5.32 Å². The summed E-state index contributed by atoms with van der Waals surface area (Å²) >= 11 is 0. The van der Waals surface area contributed by atoms with Crippen molar-refractivity contribution in [3.63, 3.8) is 0 Å². The molecular formula is C15H25N3. The van der Waals surface area contributed by atoms with E-state index in [1.807, 2.05) is 6.33 Å². The van der Waals surface area contributed by atoms with Crippen molar-refractivity contribution >= 4 is 0 Å². The van der Waals surface area contributed by atoms with Crippen molar-refractivity contribution in [3.05, 3.63) is 29.9 Å². The van der Waals surface area contributed by atoms with Crippen molar-refractivity contribution in [1.82, 2.24) is 14.9 Å². The van der Waals surface area contributed by atoms with Crippen LogP contribution in [0.2, 0.25) is 0 Å². The van der Waals surface area contributed by atoms with Gasteiger partial charge in [0.2, 0.25) is 0 Å². The van der Waals surface area contributed by atoms with Gasteiger partial charge in [-0.05, 0) is 52.0 Å². The highest BCUT2D eigenvalue weighted by molar-refractivity contribution is 5.17. The number of aryl methyl sites for hydroxylation is 1. The molecule has 3 nitrogen and oxygen atoms in total. The lowest BCUT2D eigenvalue weighted by atomic mass is 10.0. The summed E-state index contributed by atoms with van der Waals surface area (Å²) in [7, 11) is 0. The van der Waals surface area contributed by atoms with E-state index in [4.69, 9.17) is 0 Å². The molecule has 1 N–H and O–H groups in total. The second-order valence-corrected chi connectivity index (χ2v) is 6.33. The number of imidazole rings is 1. The SMILES string of the molecule is C=C(CNC(C)(C)C)Cn1cnc2c1CCCC2. The summed E-state index contributed by atoms with van der Waals surface area (Å²) in [5, 5.41) is 3.48. The van der Waals surface area contributed by atoms with Crippen LogP contribution in [0.1, 0.15) is 45.0 Å². The van der Waals surface area contributed by atoms with E-state index >= 15 is 0 Å². The maximum absolute atomic E-state index is 4.52. The molecule has 0 amide bonds. The molecule has 0 aliphatic heterocycles. The van der Waals surface area contributed by atoms with E-state index in [-0.39, 0.29) is 5.54 Å². The molecule has 3 heteroatoms. The maximum atomic E-state index is 4.52. The second kappa shape index (κ2) is 5.27. The zero-order valence-corrected chi connectivity index (χ0v) is 11.9. The Labute approximate surface area is 110 Å². The summed E-state index contributed by atoms with van der Waals surface area (Å²) in [5.41, 5.74) is 4.10. The quantitative estimate of drug-likeness (QED) is 0.829. The van der Waals surface area contributed by atoms with Crippen LogP contribution in [-0.4, -0.2) is 21.6 Å². The van der Waals surface area contributed by atoms with Gasteiger partial charge in [-0.15, -0.1) is 0 Å². The highest BCUT2D eigenvalue weighted by atomic mass is 15.1. The lowest BCUT2D eigenvalue weighted by Gasteiger charge is -2.22. The summed E-state index contributed by atoms with van der Waals surface area (Å²) in [6, 6.07) is 0. The molecule has 1 aromatic heterocycles. The van der Waals surface area contributed by atoms with Gasteiger partial charge in [0, 0.05) is 24.3 Å². The Morgan fingerprint density at radius 2 is 2.11 bits per heavy atom. The third kappa shape index (κ3) is 3.45. The first-order chi connectivity index (χ1) is 8.46.